The molecule has 0 bridgehead atoms. The smallest absolute Gasteiger partial charge is 0.292 e. The molecule has 25 heavy (non-hydrogen) atoms. The van der Waals surface area contributed by atoms with E-state index in [9.17, 15) is 4.79 Å². The van der Waals surface area contributed by atoms with Gasteiger partial charge in [-0.05, 0) is 37.3 Å². The van der Waals surface area contributed by atoms with Crippen LogP contribution in [0.2, 0.25) is 0 Å². The quantitative estimate of drug-likeness (QED) is 0.796. The predicted octanol–water partition coefficient (Wildman–Crippen LogP) is 3.28. The molecule has 1 amide bonds. The number of carbonyl (C=O) groups excluding carboxylic acids is 1. The van der Waals surface area contributed by atoms with Crippen LogP contribution in [0, 0.1) is 0 Å². The summed E-state index contributed by atoms with van der Waals surface area (Å²) in [4.78, 5) is 16.8. The van der Waals surface area contributed by atoms with Gasteiger partial charge in [-0.2, -0.15) is 5.10 Å². The normalized spacial score (nSPS) is 16.4. The minimum atomic E-state index is -0.210. The maximum Gasteiger partial charge on any atom is 0.292 e. The highest BCUT2D eigenvalue weighted by atomic mass is 16.2. The molecule has 0 saturated heterocycles. The Bertz CT molecular complexity index is 895. The van der Waals surface area contributed by atoms with E-state index in [0.29, 0.717) is 18.2 Å². The maximum absolute atomic E-state index is 12.6. The molecule has 1 aromatic carbocycles. The van der Waals surface area contributed by atoms with Gasteiger partial charge >= 0.3 is 0 Å². The molecule has 0 aliphatic heterocycles. The second-order valence-corrected chi connectivity index (χ2v) is 6.26. The van der Waals surface area contributed by atoms with Crippen LogP contribution in [0.15, 0.2) is 48.9 Å². The zero-order valence-electron chi connectivity index (χ0n) is 14.2. The number of amides is 1. The highest BCUT2D eigenvalue weighted by Gasteiger charge is 2.24. The summed E-state index contributed by atoms with van der Waals surface area (Å²) in [5, 5.41) is 7.46. The van der Waals surface area contributed by atoms with Gasteiger partial charge in [-0.1, -0.05) is 24.3 Å². The second kappa shape index (κ2) is 6.55. The van der Waals surface area contributed by atoms with E-state index < -0.39 is 0 Å². The standard InChI is InChI=1S/C19H21N5O/c1-2-23-13-12-20-18(23)19(25)22-17-10-11-21-24(17)16-9-5-7-14-6-3-4-8-15(14)16/h3-4,6,8,10-13,16H,2,5,7,9H2,1H3,(H,22,25). The second-order valence-electron chi connectivity index (χ2n) is 6.26. The Morgan fingerprint density at radius 1 is 1.28 bits per heavy atom. The van der Waals surface area contributed by atoms with Crippen molar-refractivity contribution in [1.29, 1.82) is 0 Å². The number of hydrogen-bond donors (Lipinski definition) is 1. The minimum Gasteiger partial charge on any atom is -0.327 e. The zero-order chi connectivity index (χ0) is 17.2. The zero-order valence-corrected chi connectivity index (χ0v) is 14.2. The predicted molar refractivity (Wildman–Crippen MR) is 95.6 cm³/mol. The summed E-state index contributed by atoms with van der Waals surface area (Å²) < 4.78 is 3.75. The Hall–Kier alpha value is -2.89. The molecule has 4 rings (SSSR count). The molecule has 3 aromatic rings. The molecular formula is C19H21N5O. The van der Waals surface area contributed by atoms with E-state index in [2.05, 4.69) is 39.7 Å². The van der Waals surface area contributed by atoms with Gasteiger partial charge in [-0.25, -0.2) is 9.67 Å². The molecule has 2 aromatic heterocycles. The molecule has 1 aliphatic carbocycles. The molecular weight excluding hydrogens is 314 g/mol. The summed E-state index contributed by atoms with van der Waals surface area (Å²) in [7, 11) is 0. The summed E-state index contributed by atoms with van der Waals surface area (Å²) in [6.45, 7) is 2.69. The number of aryl methyl sites for hydroxylation is 2. The highest BCUT2D eigenvalue weighted by Crippen LogP contribution is 2.34. The third-order valence-electron chi connectivity index (χ3n) is 4.80. The van der Waals surface area contributed by atoms with Crippen molar-refractivity contribution < 1.29 is 4.79 Å². The number of imidazole rings is 1. The Labute approximate surface area is 146 Å². The van der Waals surface area contributed by atoms with Crippen LogP contribution < -0.4 is 5.32 Å². The fourth-order valence-electron chi connectivity index (χ4n) is 3.59. The number of nitrogens with zero attached hydrogens (tertiary/aromatic N) is 4. The SMILES string of the molecule is CCn1ccnc1C(=O)Nc1ccnn1C1CCCc2ccccc21. The Kier molecular flexibility index (Phi) is 4.09. The van der Waals surface area contributed by atoms with Crippen LogP contribution in [0.25, 0.3) is 0 Å². The van der Waals surface area contributed by atoms with Gasteiger partial charge in [-0.15, -0.1) is 0 Å². The fraction of sp³-hybridized carbons (Fsp3) is 0.316. The van der Waals surface area contributed by atoms with Crippen LogP contribution in [0.1, 0.15) is 47.6 Å². The van der Waals surface area contributed by atoms with E-state index in [0.717, 1.165) is 19.3 Å². The van der Waals surface area contributed by atoms with Gasteiger partial charge in [0.2, 0.25) is 0 Å². The van der Waals surface area contributed by atoms with Gasteiger partial charge in [0.25, 0.3) is 5.91 Å². The van der Waals surface area contributed by atoms with Crippen molar-refractivity contribution >= 4 is 11.7 Å². The first-order chi connectivity index (χ1) is 12.3. The molecule has 0 spiro atoms. The van der Waals surface area contributed by atoms with Gasteiger partial charge in [0.15, 0.2) is 5.82 Å². The van der Waals surface area contributed by atoms with Crippen molar-refractivity contribution in [2.75, 3.05) is 5.32 Å². The Morgan fingerprint density at radius 2 is 2.16 bits per heavy atom. The molecule has 1 aliphatic rings. The number of aromatic nitrogens is 4. The third kappa shape index (κ3) is 2.84. The number of hydrogen-bond acceptors (Lipinski definition) is 3. The van der Waals surface area contributed by atoms with Gasteiger partial charge in [0.05, 0.1) is 12.2 Å². The molecule has 6 nitrogen and oxygen atoms in total. The van der Waals surface area contributed by atoms with Crippen LogP contribution in [0.4, 0.5) is 5.82 Å². The Balaban J connectivity index is 1.63. The van der Waals surface area contributed by atoms with E-state index in [1.807, 2.05) is 28.4 Å². The van der Waals surface area contributed by atoms with E-state index >= 15 is 0 Å². The van der Waals surface area contributed by atoms with E-state index in [-0.39, 0.29) is 11.9 Å². The number of anilines is 1. The van der Waals surface area contributed by atoms with Crippen LogP contribution in [0.5, 0.6) is 0 Å². The minimum absolute atomic E-state index is 0.154. The largest absolute Gasteiger partial charge is 0.327 e. The van der Waals surface area contributed by atoms with Crippen LogP contribution in [0.3, 0.4) is 0 Å². The van der Waals surface area contributed by atoms with Crippen molar-refractivity contribution in [3.8, 4) is 0 Å². The Morgan fingerprint density at radius 3 is 3.04 bits per heavy atom. The molecule has 1 N–H and O–H groups in total. The van der Waals surface area contributed by atoms with Gasteiger partial charge in [-0.3, -0.25) is 4.79 Å². The van der Waals surface area contributed by atoms with Gasteiger partial charge in [0, 0.05) is 25.0 Å². The van der Waals surface area contributed by atoms with E-state index in [4.69, 9.17) is 0 Å². The summed E-state index contributed by atoms with van der Waals surface area (Å²) >= 11 is 0. The summed E-state index contributed by atoms with van der Waals surface area (Å²) in [5.41, 5.74) is 2.66. The van der Waals surface area contributed by atoms with Gasteiger partial charge < -0.3 is 9.88 Å². The number of benzene rings is 1. The lowest BCUT2D eigenvalue weighted by Gasteiger charge is -2.27. The molecule has 2 heterocycles. The number of carbonyl (C=O) groups is 1. The summed E-state index contributed by atoms with van der Waals surface area (Å²) in [6.07, 6.45) is 8.43. The average Bonchev–Trinajstić information content (AvgIpc) is 3.30. The molecule has 0 radical (unpaired) electrons. The van der Waals surface area contributed by atoms with Gasteiger partial charge in [0.1, 0.15) is 5.82 Å². The highest BCUT2D eigenvalue weighted by molar-refractivity contribution is 6.01. The fourth-order valence-corrected chi connectivity index (χ4v) is 3.59. The molecule has 1 unspecified atom stereocenters. The summed E-state index contributed by atoms with van der Waals surface area (Å²) in [5.74, 6) is 0.911. The molecule has 128 valence electrons. The van der Waals surface area contributed by atoms with E-state index in [1.165, 1.54) is 11.1 Å². The van der Waals surface area contributed by atoms with Crippen LogP contribution in [-0.4, -0.2) is 25.2 Å². The molecule has 0 saturated carbocycles. The number of nitrogens with one attached hydrogen (secondary N) is 1. The molecule has 6 heteroatoms. The van der Waals surface area contributed by atoms with Crippen molar-refractivity contribution in [1.82, 2.24) is 19.3 Å². The number of fused-ring (bicyclic) bond motifs is 1. The lowest BCUT2D eigenvalue weighted by Crippen LogP contribution is -2.23. The van der Waals surface area contributed by atoms with E-state index in [1.54, 1.807) is 12.4 Å². The average molecular weight is 335 g/mol. The number of rotatable bonds is 4. The summed E-state index contributed by atoms with van der Waals surface area (Å²) in [6, 6.07) is 10.5. The van der Waals surface area contributed by atoms with Crippen molar-refractivity contribution in [2.24, 2.45) is 0 Å². The monoisotopic (exact) mass is 335 g/mol. The van der Waals surface area contributed by atoms with Crippen LogP contribution in [-0.2, 0) is 13.0 Å². The molecule has 1 atom stereocenters. The van der Waals surface area contributed by atoms with Crippen molar-refractivity contribution in [2.45, 2.75) is 38.8 Å². The lowest BCUT2D eigenvalue weighted by molar-refractivity contribution is 0.101. The lowest BCUT2D eigenvalue weighted by atomic mass is 9.88. The maximum atomic E-state index is 12.6. The van der Waals surface area contributed by atoms with Crippen molar-refractivity contribution in [3.63, 3.8) is 0 Å². The third-order valence-corrected chi connectivity index (χ3v) is 4.80. The van der Waals surface area contributed by atoms with Crippen molar-refractivity contribution in [3.05, 3.63) is 65.9 Å². The topological polar surface area (TPSA) is 64.7 Å². The first-order valence-corrected chi connectivity index (χ1v) is 8.71. The molecule has 0 fully saturated rings. The van der Waals surface area contributed by atoms with Crippen LogP contribution >= 0.6 is 0 Å². The first-order valence-electron chi connectivity index (χ1n) is 8.71. The first kappa shape index (κ1) is 15.6.